The molecule has 0 atom stereocenters. The van der Waals surface area contributed by atoms with Crippen LogP contribution in [0.5, 0.6) is 0 Å². The fraction of sp³-hybridized carbons (Fsp3) is 0.385. The van der Waals surface area contributed by atoms with Crippen molar-refractivity contribution in [3.63, 3.8) is 0 Å². The molecule has 0 spiro atoms. The Hall–Kier alpha value is -2.62. The Labute approximate surface area is 115 Å². The lowest BCUT2D eigenvalue weighted by Crippen LogP contribution is -2.10. The Kier molecular flexibility index (Phi) is 2.99. The number of nitrogens with one attached hydrogen (secondary N) is 1. The lowest BCUT2D eigenvalue weighted by atomic mass is 10.4. The molecule has 1 aliphatic rings. The van der Waals surface area contributed by atoms with Crippen LogP contribution in [-0.4, -0.2) is 25.7 Å². The smallest absolute Gasteiger partial charge is 0.355 e. The van der Waals surface area contributed by atoms with E-state index in [1.165, 1.54) is 12.1 Å². The third-order valence-electron chi connectivity index (χ3n) is 3.21. The summed E-state index contributed by atoms with van der Waals surface area (Å²) in [6.07, 6.45) is 2.23. The van der Waals surface area contributed by atoms with Crippen LogP contribution in [0.4, 0.5) is 0 Å². The van der Waals surface area contributed by atoms with Crippen LogP contribution in [-0.2, 0) is 11.3 Å². The zero-order chi connectivity index (χ0) is 14.1. The molecule has 0 amide bonds. The summed E-state index contributed by atoms with van der Waals surface area (Å²) < 4.78 is 7.22. The average molecular weight is 271 g/mol. The topological polar surface area (TPSA) is 96.6 Å². The van der Waals surface area contributed by atoms with E-state index in [-0.39, 0.29) is 12.3 Å². The predicted octanol–water partition coefficient (Wildman–Crippen LogP) is 1.48. The molecule has 0 bridgehead atoms. The highest BCUT2D eigenvalue weighted by molar-refractivity contribution is 5.87. The second-order valence-electron chi connectivity index (χ2n) is 4.74. The van der Waals surface area contributed by atoms with E-state index in [0.29, 0.717) is 17.6 Å². The van der Waals surface area contributed by atoms with Crippen molar-refractivity contribution in [2.45, 2.75) is 32.4 Å². The van der Waals surface area contributed by atoms with Crippen LogP contribution in [0, 0.1) is 18.3 Å². The predicted molar refractivity (Wildman–Crippen MR) is 67.7 cm³/mol. The van der Waals surface area contributed by atoms with E-state index in [4.69, 9.17) is 10.00 Å². The van der Waals surface area contributed by atoms with Crippen LogP contribution in [0.3, 0.4) is 0 Å². The lowest BCUT2D eigenvalue weighted by Gasteiger charge is -2.07. The van der Waals surface area contributed by atoms with Gasteiger partial charge < -0.3 is 14.3 Å². The van der Waals surface area contributed by atoms with Gasteiger partial charge in [0, 0.05) is 6.04 Å². The highest BCUT2D eigenvalue weighted by Gasteiger charge is 2.28. The van der Waals surface area contributed by atoms with E-state index in [9.17, 15) is 4.79 Å². The Morgan fingerprint density at radius 3 is 3.00 bits per heavy atom. The summed E-state index contributed by atoms with van der Waals surface area (Å²) in [5.41, 5.74) is 0.588. The quantitative estimate of drug-likeness (QED) is 0.849. The van der Waals surface area contributed by atoms with Crippen LogP contribution >= 0.6 is 0 Å². The van der Waals surface area contributed by atoms with Gasteiger partial charge in [-0.05, 0) is 31.9 Å². The van der Waals surface area contributed by atoms with Crippen molar-refractivity contribution in [1.29, 1.82) is 5.26 Å². The van der Waals surface area contributed by atoms with Crippen LogP contribution in [0.25, 0.3) is 0 Å². The highest BCUT2D eigenvalue weighted by Crippen LogP contribution is 2.36. The van der Waals surface area contributed by atoms with Gasteiger partial charge in [0.15, 0.2) is 12.4 Å². The number of aryl methyl sites for hydroxylation is 1. The van der Waals surface area contributed by atoms with Gasteiger partial charge in [-0.15, -0.1) is 10.2 Å². The van der Waals surface area contributed by atoms with Crippen LogP contribution in [0.1, 0.15) is 46.7 Å². The molecule has 0 aliphatic heterocycles. The molecule has 2 heterocycles. The minimum atomic E-state index is -0.505. The number of ether oxygens (including phenoxy) is 1. The zero-order valence-corrected chi connectivity index (χ0v) is 11.0. The van der Waals surface area contributed by atoms with Crippen molar-refractivity contribution in [1.82, 2.24) is 19.7 Å². The molecule has 2 aromatic heterocycles. The normalized spacial score (nSPS) is 14.0. The number of nitriles is 1. The lowest BCUT2D eigenvalue weighted by molar-refractivity contribution is 0.0451. The Balaban J connectivity index is 1.67. The molecular weight excluding hydrogens is 258 g/mol. The number of aromatic amines is 1. The Morgan fingerprint density at radius 1 is 1.55 bits per heavy atom. The standard InChI is InChI=1S/C13H13N5O2/c1-8-16-17-12(18(8)10-3-4-10)7-20-13(19)11-5-2-9(6-14)15-11/h2,5,10,15H,3-4,7H2,1H3. The van der Waals surface area contributed by atoms with E-state index in [2.05, 4.69) is 15.2 Å². The second-order valence-corrected chi connectivity index (χ2v) is 4.74. The number of carbonyl (C=O) groups is 1. The Bertz CT molecular complexity index is 690. The van der Waals surface area contributed by atoms with Crippen LogP contribution in [0.2, 0.25) is 0 Å². The number of aromatic nitrogens is 4. The molecule has 2 aromatic rings. The summed E-state index contributed by atoms with van der Waals surface area (Å²) in [4.78, 5) is 14.5. The third-order valence-corrected chi connectivity index (χ3v) is 3.21. The van der Waals surface area contributed by atoms with Gasteiger partial charge in [0.1, 0.15) is 23.3 Å². The van der Waals surface area contributed by atoms with Gasteiger partial charge in [0.05, 0.1) is 0 Å². The number of rotatable bonds is 4. The van der Waals surface area contributed by atoms with Crippen LogP contribution < -0.4 is 0 Å². The first-order chi connectivity index (χ1) is 9.69. The summed E-state index contributed by atoms with van der Waals surface area (Å²) in [5.74, 6) is 0.991. The first-order valence-electron chi connectivity index (χ1n) is 6.35. The van der Waals surface area contributed by atoms with E-state index in [0.717, 1.165) is 18.7 Å². The molecule has 1 fully saturated rings. The second kappa shape index (κ2) is 4.81. The average Bonchev–Trinajstić information content (AvgIpc) is 3.04. The molecule has 0 saturated heterocycles. The van der Waals surface area contributed by atoms with Gasteiger partial charge in [0.25, 0.3) is 0 Å². The maximum Gasteiger partial charge on any atom is 0.355 e. The van der Waals surface area contributed by atoms with E-state index < -0.39 is 5.97 Å². The van der Waals surface area contributed by atoms with E-state index in [1.54, 1.807) is 0 Å². The molecule has 1 aliphatic carbocycles. The van der Waals surface area contributed by atoms with Crippen molar-refractivity contribution in [3.8, 4) is 6.07 Å². The summed E-state index contributed by atoms with van der Waals surface area (Å²) in [6, 6.07) is 5.42. The maximum absolute atomic E-state index is 11.8. The molecule has 0 radical (unpaired) electrons. The molecule has 7 heteroatoms. The van der Waals surface area contributed by atoms with Crippen molar-refractivity contribution in [3.05, 3.63) is 35.2 Å². The molecule has 0 aromatic carbocycles. The fourth-order valence-electron chi connectivity index (χ4n) is 2.11. The molecule has 1 N–H and O–H groups in total. The van der Waals surface area contributed by atoms with Gasteiger partial charge in [-0.2, -0.15) is 5.26 Å². The van der Waals surface area contributed by atoms with E-state index in [1.807, 2.05) is 17.6 Å². The van der Waals surface area contributed by atoms with Gasteiger partial charge in [0.2, 0.25) is 0 Å². The third kappa shape index (κ3) is 2.28. The number of esters is 1. The van der Waals surface area contributed by atoms with Gasteiger partial charge in [-0.1, -0.05) is 0 Å². The monoisotopic (exact) mass is 271 g/mol. The fourth-order valence-corrected chi connectivity index (χ4v) is 2.11. The van der Waals surface area contributed by atoms with Gasteiger partial charge in [-0.25, -0.2) is 4.79 Å². The molecule has 0 unspecified atom stereocenters. The summed E-state index contributed by atoms with van der Waals surface area (Å²) in [5, 5.41) is 16.7. The Morgan fingerprint density at radius 2 is 2.35 bits per heavy atom. The molecule has 7 nitrogen and oxygen atoms in total. The minimum Gasteiger partial charge on any atom is -0.453 e. The molecule has 1 saturated carbocycles. The minimum absolute atomic E-state index is 0.0804. The number of hydrogen-bond donors (Lipinski definition) is 1. The molecule has 3 rings (SSSR count). The van der Waals surface area contributed by atoms with Gasteiger partial charge in [-0.3, -0.25) is 0 Å². The van der Waals surface area contributed by atoms with E-state index >= 15 is 0 Å². The first-order valence-corrected chi connectivity index (χ1v) is 6.35. The zero-order valence-electron chi connectivity index (χ0n) is 11.0. The summed E-state index contributed by atoms with van der Waals surface area (Å²) in [6.45, 7) is 1.97. The van der Waals surface area contributed by atoms with Crippen molar-refractivity contribution in [2.24, 2.45) is 0 Å². The maximum atomic E-state index is 11.8. The van der Waals surface area contributed by atoms with Crippen molar-refractivity contribution in [2.75, 3.05) is 0 Å². The molecular formula is C13H13N5O2. The molecule has 20 heavy (non-hydrogen) atoms. The first kappa shape index (κ1) is 12.4. The van der Waals surface area contributed by atoms with Crippen LogP contribution in [0.15, 0.2) is 12.1 Å². The number of carbonyl (C=O) groups excluding carboxylic acids is 1. The summed E-state index contributed by atoms with van der Waals surface area (Å²) >= 11 is 0. The highest BCUT2D eigenvalue weighted by atomic mass is 16.5. The SMILES string of the molecule is Cc1nnc(COC(=O)c2ccc(C#N)[nH]2)n1C1CC1. The molecule has 102 valence electrons. The number of H-pyrrole nitrogens is 1. The summed E-state index contributed by atoms with van der Waals surface area (Å²) in [7, 11) is 0. The van der Waals surface area contributed by atoms with Gasteiger partial charge >= 0.3 is 5.97 Å². The largest absolute Gasteiger partial charge is 0.453 e. The number of hydrogen-bond acceptors (Lipinski definition) is 5. The number of nitrogens with zero attached hydrogens (tertiary/aromatic N) is 4. The van der Waals surface area contributed by atoms with Crippen molar-refractivity contribution >= 4 is 5.97 Å². The van der Waals surface area contributed by atoms with Crippen molar-refractivity contribution < 1.29 is 9.53 Å².